The van der Waals surface area contributed by atoms with E-state index in [4.69, 9.17) is 0 Å². The van der Waals surface area contributed by atoms with Crippen molar-refractivity contribution in [3.63, 3.8) is 0 Å². The van der Waals surface area contributed by atoms with Crippen LogP contribution in [0.5, 0.6) is 0 Å². The summed E-state index contributed by atoms with van der Waals surface area (Å²) >= 11 is 0. The van der Waals surface area contributed by atoms with Gasteiger partial charge in [0, 0.05) is 13.1 Å². The molecule has 2 aliphatic rings. The summed E-state index contributed by atoms with van der Waals surface area (Å²) in [5.74, 6) is 0.975. The molecule has 1 atom stereocenters. The molecule has 1 saturated heterocycles. The van der Waals surface area contributed by atoms with Crippen LogP contribution in [0.15, 0.2) is 0 Å². The molecule has 1 aliphatic heterocycles. The van der Waals surface area contributed by atoms with Gasteiger partial charge >= 0.3 is 0 Å². The summed E-state index contributed by atoms with van der Waals surface area (Å²) in [7, 11) is 2.24. The van der Waals surface area contributed by atoms with Gasteiger partial charge in [0.05, 0.1) is 0 Å². The first-order valence-electron chi connectivity index (χ1n) is 4.91. The maximum atomic E-state index is 2.47. The molecule has 66 valence electrons. The van der Waals surface area contributed by atoms with Crippen LogP contribution < -0.4 is 0 Å². The number of nitrogens with zero attached hydrogens (tertiary/aromatic N) is 1. The molecular weight excluding hydrogens is 134 g/mol. The highest BCUT2D eigenvalue weighted by atomic mass is 15.1. The van der Waals surface area contributed by atoms with E-state index in [0.29, 0.717) is 0 Å². The van der Waals surface area contributed by atoms with Gasteiger partial charge in [0.15, 0.2) is 0 Å². The third-order valence-corrected chi connectivity index (χ3v) is 3.11. The highest BCUT2D eigenvalue weighted by Crippen LogP contribution is 2.55. The van der Waals surface area contributed by atoms with Gasteiger partial charge in [-0.15, -0.1) is 0 Å². The maximum absolute atomic E-state index is 2.47. The third-order valence-electron chi connectivity index (χ3n) is 3.11. The van der Waals surface area contributed by atoms with E-state index >= 15 is 0 Å². The molecule has 1 nitrogen and oxygen atoms in total. The highest BCUT2D eigenvalue weighted by molar-refractivity contribution is 5.03. The summed E-state index contributed by atoms with van der Waals surface area (Å²) in [6, 6.07) is 0. The maximum Gasteiger partial charge on any atom is 0.00381 e. The first-order chi connectivity index (χ1) is 5.23. The fourth-order valence-corrected chi connectivity index (χ4v) is 2.23. The molecular formula is C10H21N. The topological polar surface area (TPSA) is 3.24 Å². The van der Waals surface area contributed by atoms with Crippen LogP contribution in [-0.2, 0) is 0 Å². The SMILES string of the molecule is CC.CC1CN(C)CC12CC2. The Morgan fingerprint density at radius 1 is 1.27 bits per heavy atom. The van der Waals surface area contributed by atoms with Crippen LogP contribution in [-0.4, -0.2) is 25.0 Å². The van der Waals surface area contributed by atoms with E-state index in [0.717, 1.165) is 11.3 Å². The molecule has 11 heavy (non-hydrogen) atoms. The summed E-state index contributed by atoms with van der Waals surface area (Å²) in [4.78, 5) is 2.47. The molecule has 1 spiro atoms. The van der Waals surface area contributed by atoms with Gasteiger partial charge in [-0.05, 0) is 31.2 Å². The normalized spacial score (nSPS) is 33.3. The lowest BCUT2D eigenvalue weighted by atomic mass is 9.95. The number of hydrogen-bond donors (Lipinski definition) is 0. The summed E-state index contributed by atoms with van der Waals surface area (Å²) in [5, 5.41) is 0. The molecule has 0 amide bonds. The Balaban J connectivity index is 0.000000281. The summed E-state index contributed by atoms with van der Waals surface area (Å²) < 4.78 is 0. The molecule has 0 aromatic rings. The van der Waals surface area contributed by atoms with E-state index in [9.17, 15) is 0 Å². The van der Waals surface area contributed by atoms with Crippen molar-refractivity contribution in [2.45, 2.75) is 33.6 Å². The van der Waals surface area contributed by atoms with Gasteiger partial charge in [0.1, 0.15) is 0 Å². The molecule has 0 aromatic carbocycles. The van der Waals surface area contributed by atoms with Crippen molar-refractivity contribution < 1.29 is 0 Å². The molecule has 0 radical (unpaired) electrons. The van der Waals surface area contributed by atoms with Crippen LogP contribution >= 0.6 is 0 Å². The van der Waals surface area contributed by atoms with Crippen LogP contribution in [0.1, 0.15) is 33.6 Å². The predicted octanol–water partition coefficient (Wildman–Crippen LogP) is 2.37. The molecule has 1 heterocycles. The van der Waals surface area contributed by atoms with E-state index in [-0.39, 0.29) is 0 Å². The van der Waals surface area contributed by atoms with Gasteiger partial charge in [-0.2, -0.15) is 0 Å². The van der Waals surface area contributed by atoms with Crippen LogP contribution in [0.2, 0.25) is 0 Å². The van der Waals surface area contributed by atoms with Crippen LogP contribution in [0.3, 0.4) is 0 Å². The number of hydrogen-bond acceptors (Lipinski definition) is 1. The molecule has 0 aromatic heterocycles. The van der Waals surface area contributed by atoms with E-state index in [1.165, 1.54) is 25.9 Å². The van der Waals surface area contributed by atoms with Crippen LogP contribution in [0, 0.1) is 11.3 Å². The summed E-state index contributed by atoms with van der Waals surface area (Å²) in [6.07, 6.45) is 3.00. The van der Waals surface area contributed by atoms with Crippen molar-refractivity contribution in [2.75, 3.05) is 20.1 Å². The molecule has 1 heteroatoms. The Bertz CT molecular complexity index is 127. The Hall–Kier alpha value is -0.0400. The first kappa shape index (κ1) is 9.05. The lowest BCUT2D eigenvalue weighted by Gasteiger charge is -2.08. The standard InChI is InChI=1S/C8H15N.C2H6/c1-7-5-9(2)6-8(7)3-4-8;1-2/h7H,3-6H2,1-2H3;1-2H3. The fraction of sp³-hybridized carbons (Fsp3) is 1.00. The minimum atomic E-state index is 0.800. The first-order valence-corrected chi connectivity index (χ1v) is 4.91. The minimum Gasteiger partial charge on any atom is -0.306 e. The predicted molar refractivity (Wildman–Crippen MR) is 49.7 cm³/mol. The van der Waals surface area contributed by atoms with Crippen molar-refractivity contribution in [3.8, 4) is 0 Å². The average Bonchev–Trinajstić information content (AvgIpc) is 2.67. The van der Waals surface area contributed by atoms with Gasteiger partial charge in [0.25, 0.3) is 0 Å². The van der Waals surface area contributed by atoms with Crippen LogP contribution in [0.4, 0.5) is 0 Å². The van der Waals surface area contributed by atoms with Crippen molar-refractivity contribution in [1.29, 1.82) is 0 Å². The second kappa shape index (κ2) is 3.14. The molecule has 2 rings (SSSR count). The van der Waals surface area contributed by atoms with Gasteiger partial charge < -0.3 is 4.90 Å². The smallest absolute Gasteiger partial charge is 0.00381 e. The van der Waals surface area contributed by atoms with Gasteiger partial charge in [-0.25, -0.2) is 0 Å². The van der Waals surface area contributed by atoms with Gasteiger partial charge in [0.2, 0.25) is 0 Å². The molecule has 2 fully saturated rings. The Labute approximate surface area is 70.8 Å². The summed E-state index contributed by atoms with van der Waals surface area (Å²) in [5.41, 5.74) is 0.800. The lowest BCUT2D eigenvalue weighted by molar-refractivity contribution is 0.389. The van der Waals surface area contributed by atoms with E-state index in [1.54, 1.807) is 0 Å². The molecule has 0 N–H and O–H groups in total. The second-order valence-electron chi connectivity index (χ2n) is 3.96. The summed E-state index contributed by atoms with van der Waals surface area (Å²) in [6.45, 7) is 9.10. The second-order valence-corrected chi connectivity index (χ2v) is 3.96. The van der Waals surface area contributed by atoms with Crippen molar-refractivity contribution >= 4 is 0 Å². The van der Waals surface area contributed by atoms with E-state index in [2.05, 4.69) is 18.9 Å². The monoisotopic (exact) mass is 155 g/mol. The zero-order valence-corrected chi connectivity index (χ0v) is 8.35. The quantitative estimate of drug-likeness (QED) is 0.519. The highest BCUT2D eigenvalue weighted by Gasteiger charge is 2.51. The minimum absolute atomic E-state index is 0.800. The Morgan fingerprint density at radius 3 is 2.00 bits per heavy atom. The average molecular weight is 155 g/mol. The Morgan fingerprint density at radius 2 is 1.82 bits per heavy atom. The Kier molecular flexibility index (Phi) is 2.58. The van der Waals surface area contributed by atoms with Crippen molar-refractivity contribution in [1.82, 2.24) is 4.90 Å². The van der Waals surface area contributed by atoms with E-state index in [1.807, 2.05) is 13.8 Å². The molecule has 1 saturated carbocycles. The fourth-order valence-electron chi connectivity index (χ4n) is 2.23. The third kappa shape index (κ3) is 1.58. The van der Waals surface area contributed by atoms with Crippen molar-refractivity contribution in [3.05, 3.63) is 0 Å². The van der Waals surface area contributed by atoms with Crippen molar-refractivity contribution in [2.24, 2.45) is 11.3 Å². The van der Waals surface area contributed by atoms with Crippen LogP contribution in [0.25, 0.3) is 0 Å². The lowest BCUT2D eigenvalue weighted by Crippen LogP contribution is -2.14. The largest absolute Gasteiger partial charge is 0.306 e. The van der Waals surface area contributed by atoms with E-state index < -0.39 is 0 Å². The number of rotatable bonds is 0. The zero-order valence-electron chi connectivity index (χ0n) is 8.35. The molecule has 1 aliphatic carbocycles. The van der Waals surface area contributed by atoms with Gasteiger partial charge in [-0.3, -0.25) is 0 Å². The molecule has 1 unspecified atom stereocenters. The zero-order chi connectivity index (χ0) is 8.48. The number of likely N-dealkylation sites (tertiary alicyclic amines) is 1. The molecule has 0 bridgehead atoms. The van der Waals surface area contributed by atoms with Gasteiger partial charge in [-0.1, -0.05) is 20.8 Å².